The topological polar surface area (TPSA) is 36.7 Å². The van der Waals surface area contributed by atoms with Crippen LogP contribution in [0.1, 0.15) is 16.1 Å². The third kappa shape index (κ3) is 2.47. The molecule has 0 bridgehead atoms. The van der Waals surface area contributed by atoms with E-state index in [0.29, 0.717) is 5.57 Å². The van der Waals surface area contributed by atoms with E-state index in [1.165, 1.54) is 5.56 Å². The zero-order chi connectivity index (χ0) is 13.9. The largest absolute Gasteiger partial charge is 0.235 e. The maximum absolute atomic E-state index is 9.37. The second kappa shape index (κ2) is 5.28. The van der Waals surface area contributed by atoms with Gasteiger partial charge in [0.05, 0.1) is 15.8 Å². The Hall–Kier alpha value is -2.44. The molecule has 0 unspecified atom stereocenters. The number of para-hydroxylation sites is 1. The number of aryl methyl sites for hydroxylation is 1. The number of allylic oxidation sites excluding steroid dienone is 1. The minimum absolute atomic E-state index is 0.607. The highest BCUT2D eigenvalue weighted by Crippen LogP contribution is 2.27. The first-order valence-corrected chi connectivity index (χ1v) is 7.12. The molecule has 0 amide bonds. The Kier molecular flexibility index (Phi) is 3.32. The summed E-state index contributed by atoms with van der Waals surface area (Å²) in [5.41, 5.74) is 3.78. The van der Waals surface area contributed by atoms with E-state index in [4.69, 9.17) is 0 Å². The van der Waals surface area contributed by atoms with Crippen LogP contribution in [0.15, 0.2) is 48.5 Å². The van der Waals surface area contributed by atoms with Crippen molar-refractivity contribution in [1.29, 1.82) is 5.26 Å². The van der Waals surface area contributed by atoms with E-state index in [-0.39, 0.29) is 0 Å². The summed E-state index contributed by atoms with van der Waals surface area (Å²) in [6, 6.07) is 18.3. The van der Waals surface area contributed by atoms with Gasteiger partial charge in [-0.3, -0.25) is 0 Å². The van der Waals surface area contributed by atoms with E-state index < -0.39 is 0 Å². The Morgan fingerprint density at radius 1 is 1.15 bits per heavy atom. The lowest BCUT2D eigenvalue weighted by atomic mass is 10.1. The van der Waals surface area contributed by atoms with E-state index in [9.17, 15) is 5.26 Å². The highest BCUT2D eigenvalue weighted by molar-refractivity contribution is 7.19. The lowest BCUT2D eigenvalue weighted by Gasteiger charge is -1.96. The molecule has 0 fully saturated rings. The number of fused-ring (bicyclic) bond motifs is 1. The molecule has 0 radical (unpaired) electrons. The van der Waals surface area contributed by atoms with Gasteiger partial charge in [-0.1, -0.05) is 42.0 Å². The molecule has 0 atom stereocenters. The van der Waals surface area contributed by atoms with Gasteiger partial charge in [-0.2, -0.15) is 5.26 Å². The Morgan fingerprint density at radius 2 is 1.90 bits per heavy atom. The van der Waals surface area contributed by atoms with Crippen molar-refractivity contribution in [3.63, 3.8) is 0 Å². The molecule has 2 nitrogen and oxygen atoms in total. The standard InChI is InChI=1S/C17H12N2S/c1-12-6-8-13(9-7-12)10-14(11-18)17-19-15-4-2-3-5-16(15)20-17/h2-10H,1H3/b14-10+. The molecule has 2 aromatic carbocycles. The van der Waals surface area contributed by atoms with Crippen LogP contribution >= 0.6 is 11.3 Å². The van der Waals surface area contributed by atoms with Gasteiger partial charge in [0.1, 0.15) is 11.1 Å². The summed E-state index contributed by atoms with van der Waals surface area (Å²) in [6.45, 7) is 2.05. The summed E-state index contributed by atoms with van der Waals surface area (Å²) in [4.78, 5) is 4.53. The Labute approximate surface area is 121 Å². The number of rotatable bonds is 2. The van der Waals surface area contributed by atoms with Gasteiger partial charge in [-0.15, -0.1) is 11.3 Å². The molecule has 1 heterocycles. The van der Waals surface area contributed by atoms with Crippen molar-refractivity contribution in [1.82, 2.24) is 4.98 Å². The van der Waals surface area contributed by atoms with Crippen LogP contribution < -0.4 is 0 Å². The van der Waals surface area contributed by atoms with Gasteiger partial charge in [0, 0.05) is 0 Å². The van der Waals surface area contributed by atoms with Gasteiger partial charge in [0.25, 0.3) is 0 Å². The summed E-state index contributed by atoms with van der Waals surface area (Å²) in [5, 5.41) is 10.1. The molecule has 0 aliphatic carbocycles. The Balaban J connectivity index is 2.05. The van der Waals surface area contributed by atoms with Crippen molar-refractivity contribution in [3.05, 3.63) is 64.7 Å². The van der Waals surface area contributed by atoms with Crippen LogP contribution in [-0.2, 0) is 0 Å². The number of nitrogens with zero attached hydrogens (tertiary/aromatic N) is 2. The van der Waals surface area contributed by atoms with E-state index in [1.807, 2.05) is 61.5 Å². The molecule has 0 saturated heterocycles. The molecular formula is C17H12N2S. The number of benzene rings is 2. The Bertz CT molecular complexity index is 787. The molecule has 0 spiro atoms. The van der Waals surface area contributed by atoms with E-state index in [0.717, 1.165) is 20.8 Å². The smallest absolute Gasteiger partial charge is 0.135 e. The monoisotopic (exact) mass is 276 g/mol. The van der Waals surface area contributed by atoms with Crippen molar-refractivity contribution < 1.29 is 0 Å². The number of hydrogen-bond acceptors (Lipinski definition) is 3. The van der Waals surface area contributed by atoms with E-state index >= 15 is 0 Å². The SMILES string of the molecule is Cc1ccc(/C=C(\C#N)c2nc3ccccc3s2)cc1. The minimum Gasteiger partial charge on any atom is -0.235 e. The molecule has 3 rings (SSSR count). The molecule has 3 aromatic rings. The predicted molar refractivity (Wildman–Crippen MR) is 84.3 cm³/mol. The first kappa shape index (κ1) is 12.6. The first-order chi connectivity index (χ1) is 9.76. The van der Waals surface area contributed by atoms with Gasteiger partial charge in [0.15, 0.2) is 0 Å². The molecule has 0 aliphatic heterocycles. The molecule has 1 aromatic heterocycles. The van der Waals surface area contributed by atoms with Crippen molar-refractivity contribution in [2.75, 3.05) is 0 Å². The molecule has 0 N–H and O–H groups in total. The summed E-state index contributed by atoms with van der Waals surface area (Å²) in [5.74, 6) is 0. The van der Waals surface area contributed by atoms with Crippen molar-refractivity contribution in [3.8, 4) is 6.07 Å². The van der Waals surface area contributed by atoms with Gasteiger partial charge in [-0.05, 0) is 30.7 Å². The molecule has 20 heavy (non-hydrogen) atoms. The number of nitriles is 1. The summed E-state index contributed by atoms with van der Waals surface area (Å²) < 4.78 is 1.10. The van der Waals surface area contributed by atoms with Gasteiger partial charge in [0.2, 0.25) is 0 Å². The van der Waals surface area contributed by atoms with Gasteiger partial charge in [-0.25, -0.2) is 4.98 Å². The highest BCUT2D eigenvalue weighted by Gasteiger charge is 2.08. The second-order valence-electron chi connectivity index (χ2n) is 4.57. The molecule has 3 heteroatoms. The lowest BCUT2D eigenvalue weighted by Crippen LogP contribution is -1.81. The third-order valence-electron chi connectivity index (χ3n) is 3.03. The second-order valence-corrected chi connectivity index (χ2v) is 5.60. The predicted octanol–water partition coefficient (Wildman–Crippen LogP) is 4.67. The minimum atomic E-state index is 0.607. The average molecular weight is 276 g/mol. The van der Waals surface area contributed by atoms with Crippen LogP contribution in [0.3, 0.4) is 0 Å². The number of aromatic nitrogens is 1. The molecule has 0 saturated carbocycles. The van der Waals surface area contributed by atoms with Crippen LogP contribution in [0.5, 0.6) is 0 Å². The normalized spacial score (nSPS) is 11.5. The fourth-order valence-electron chi connectivity index (χ4n) is 1.96. The lowest BCUT2D eigenvalue weighted by molar-refractivity contribution is 1.43. The van der Waals surface area contributed by atoms with Crippen molar-refractivity contribution in [2.45, 2.75) is 6.92 Å². The average Bonchev–Trinajstić information content (AvgIpc) is 2.90. The fraction of sp³-hybridized carbons (Fsp3) is 0.0588. The van der Waals surface area contributed by atoms with Crippen molar-refractivity contribution >= 4 is 33.2 Å². The molecule has 96 valence electrons. The highest BCUT2D eigenvalue weighted by atomic mass is 32.1. The van der Waals surface area contributed by atoms with Crippen LogP contribution in [-0.4, -0.2) is 4.98 Å². The summed E-state index contributed by atoms with van der Waals surface area (Å²) in [7, 11) is 0. The van der Waals surface area contributed by atoms with Gasteiger partial charge < -0.3 is 0 Å². The van der Waals surface area contributed by atoms with E-state index in [2.05, 4.69) is 11.1 Å². The maximum Gasteiger partial charge on any atom is 0.135 e. The summed E-state index contributed by atoms with van der Waals surface area (Å²) in [6.07, 6.45) is 1.89. The number of hydrogen-bond donors (Lipinski definition) is 0. The van der Waals surface area contributed by atoms with Crippen LogP contribution in [0.2, 0.25) is 0 Å². The number of thiazole rings is 1. The van der Waals surface area contributed by atoms with Crippen molar-refractivity contribution in [2.24, 2.45) is 0 Å². The third-order valence-corrected chi connectivity index (χ3v) is 4.10. The quantitative estimate of drug-likeness (QED) is 0.638. The van der Waals surface area contributed by atoms with E-state index in [1.54, 1.807) is 11.3 Å². The zero-order valence-corrected chi connectivity index (χ0v) is 11.8. The van der Waals surface area contributed by atoms with Gasteiger partial charge >= 0.3 is 0 Å². The van der Waals surface area contributed by atoms with Crippen LogP contribution in [0.25, 0.3) is 21.9 Å². The van der Waals surface area contributed by atoms with Crippen LogP contribution in [0.4, 0.5) is 0 Å². The molecular weight excluding hydrogens is 264 g/mol. The zero-order valence-electron chi connectivity index (χ0n) is 11.0. The Morgan fingerprint density at radius 3 is 2.60 bits per heavy atom. The first-order valence-electron chi connectivity index (χ1n) is 6.31. The maximum atomic E-state index is 9.37. The van der Waals surface area contributed by atoms with Crippen LogP contribution in [0, 0.1) is 18.3 Å². The molecule has 0 aliphatic rings. The summed E-state index contributed by atoms with van der Waals surface area (Å²) >= 11 is 1.55. The fourth-order valence-corrected chi connectivity index (χ4v) is 2.89.